The van der Waals surface area contributed by atoms with Gasteiger partial charge in [-0.05, 0) is 37.0 Å². The average molecular weight is 338 g/mol. The first kappa shape index (κ1) is 17.3. The van der Waals surface area contributed by atoms with Crippen LogP contribution >= 0.6 is 0 Å². The molecule has 1 aliphatic carbocycles. The van der Waals surface area contributed by atoms with Crippen molar-refractivity contribution in [2.24, 2.45) is 17.1 Å². The maximum atomic E-state index is 13.2. The molecule has 1 aromatic carbocycles. The normalized spacial score (nSPS) is 31.0. The maximum absolute atomic E-state index is 13.2. The summed E-state index contributed by atoms with van der Waals surface area (Å²) in [7, 11) is 0. The Morgan fingerprint density at radius 3 is 2.67 bits per heavy atom. The van der Waals surface area contributed by atoms with E-state index in [9.17, 15) is 13.6 Å². The van der Waals surface area contributed by atoms with Crippen molar-refractivity contribution in [2.45, 2.75) is 44.8 Å². The number of nitrogens with two attached hydrogens (primary N) is 1. The van der Waals surface area contributed by atoms with E-state index in [2.05, 4.69) is 5.32 Å². The summed E-state index contributed by atoms with van der Waals surface area (Å²) < 4.78 is 32.2. The number of halogens is 2. The summed E-state index contributed by atoms with van der Waals surface area (Å²) in [5, 5.41) is 2.84. The zero-order chi connectivity index (χ0) is 17.5. The van der Waals surface area contributed by atoms with E-state index in [0.717, 1.165) is 18.9 Å². The highest BCUT2D eigenvalue weighted by Crippen LogP contribution is 2.57. The monoisotopic (exact) mass is 338 g/mol. The van der Waals surface area contributed by atoms with Crippen LogP contribution in [0.2, 0.25) is 0 Å². The largest absolute Gasteiger partial charge is 0.377 e. The second-order valence-electron chi connectivity index (χ2n) is 7.41. The van der Waals surface area contributed by atoms with Gasteiger partial charge in [0.25, 0.3) is 0 Å². The van der Waals surface area contributed by atoms with E-state index in [0.29, 0.717) is 18.6 Å². The molecule has 132 valence electrons. The summed E-state index contributed by atoms with van der Waals surface area (Å²) in [6.45, 7) is 4.92. The van der Waals surface area contributed by atoms with E-state index in [1.54, 1.807) is 0 Å². The smallest absolute Gasteiger partial charge is 0.241 e. The first-order chi connectivity index (χ1) is 11.3. The topological polar surface area (TPSA) is 64.3 Å². The number of amides is 1. The summed E-state index contributed by atoms with van der Waals surface area (Å²) in [6.07, 6.45) is 2.15. The molecule has 0 spiro atoms. The molecule has 1 saturated heterocycles. The molecule has 1 aromatic rings. The Balaban J connectivity index is 1.62. The molecule has 1 amide bonds. The van der Waals surface area contributed by atoms with Gasteiger partial charge in [-0.2, -0.15) is 0 Å². The van der Waals surface area contributed by atoms with Crippen LogP contribution in [0.3, 0.4) is 0 Å². The Morgan fingerprint density at radius 2 is 2.00 bits per heavy atom. The van der Waals surface area contributed by atoms with Crippen LogP contribution in [0.25, 0.3) is 0 Å². The van der Waals surface area contributed by atoms with Crippen molar-refractivity contribution in [2.75, 3.05) is 13.2 Å². The predicted octanol–water partition coefficient (Wildman–Crippen LogP) is 2.16. The number of carbonyl (C=O) groups is 1. The molecule has 4 nitrogen and oxygen atoms in total. The second-order valence-corrected chi connectivity index (χ2v) is 7.41. The van der Waals surface area contributed by atoms with E-state index >= 15 is 0 Å². The Hall–Kier alpha value is -1.53. The third-order valence-corrected chi connectivity index (χ3v) is 5.68. The maximum Gasteiger partial charge on any atom is 0.241 e. The van der Waals surface area contributed by atoms with E-state index in [1.165, 1.54) is 12.1 Å². The Morgan fingerprint density at radius 1 is 1.33 bits per heavy atom. The number of ether oxygens (including phenoxy) is 1. The van der Waals surface area contributed by atoms with Gasteiger partial charge in [-0.25, -0.2) is 8.78 Å². The van der Waals surface area contributed by atoms with Crippen molar-refractivity contribution in [3.63, 3.8) is 0 Å². The summed E-state index contributed by atoms with van der Waals surface area (Å²) in [5.74, 6) is -1.42. The van der Waals surface area contributed by atoms with Crippen LogP contribution in [-0.2, 0) is 16.0 Å². The number of hydrogen-bond donors (Lipinski definition) is 2. The van der Waals surface area contributed by atoms with Crippen molar-refractivity contribution in [3.05, 3.63) is 35.4 Å². The van der Waals surface area contributed by atoms with Crippen LogP contribution in [0.15, 0.2) is 18.2 Å². The van der Waals surface area contributed by atoms with Crippen molar-refractivity contribution in [1.29, 1.82) is 0 Å². The lowest BCUT2D eigenvalue weighted by atomic mass is 9.46. The highest BCUT2D eigenvalue weighted by Gasteiger charge is 2.70. The van der Waals surface area contributed by atoms with Gasteiger partial charge in [-0.3, -0.25) is 4.79 Å². The fraction of sp³-hybridized carbons (Fsp3) is 0.611. The third kappa shape index (κ3) is 2.62. The zero-order valence-corrected chi connectivity index (χ0v) is 14.1. The number of nitrogens with one attached hydrogen (secondary N) is 1. The van der Waals surface area contributed by atoms with Crippen LogP contribution in [0.1, 0.15) is 32.3 Å². The lowest BCUT2D eigenvalue weighted by molar-refractivity contribution is -0.225. The lowest BCUT2D eigenvalue weighted by Crippen LogP contribution is -2.82. The summed E-state index contributed by atoms with van der Waals surface area (Å²) >= 11 is 0. The molecule has 3 atom stereocenters. The Bertz CT molecular complexity index is 630. The fourth-order valence-corrected chi connectivity index (χ4v) is 4.26. The minimum absolute atomic E-state index is 0.0133. The highest BCUT2D eigenvalue weighted by atomic mass is 19.1. The molecule has 2 aliphatic rings. The van der Waals surface area contributed by atoms with Crippen molar-refractivity contribution < 1.29 is 18.3 Å². The minimum atomic E-state index is -0.967. The molecule has 2 fully saturated rings. The Kier molecular flexibility index (Phi) is 4.38. The number of benzene rings is 1. The molecule has 6 heteroatoms. The molecule has 0 aromatic heterocycles. The number of fused-ring (bicyclic) bond motifs is 1. The molecule has 3 N–H and O–H groups in total. The van der Waals surface area contributed by atoms with Crippen LogP contribution in [0, 0.1) is 23.0 Å². The second kappa shape index (κ2) is 6.08. The molecule has 1 aliphatic heterocycles. The van der Waals surface area contributed by atoms with Crippen molar-refractivity contribution in [3.8, 4) is 0 Å². The van der Waals surface area contributed by atoms with Gasteiger partial charge in [0.2, 0.25) is 5.91 Å². The van der Waals surface area contributed by atoms with Gasteiger partial charge in [0.15, 0.2) is 0 Å². The lowest BCUT2D eigenvalue weighted by Gasteiger charge is -2.65. The first-order valence-corrected chi connectivity index (χ1v) is 8.40. The zero-order valence-electron chi connectivity index (χ0n) is 14.1. The van der Waals surface area contributed by atoms with Crippen LogP contribution in [-0.4, -0.2) is 30.7 Å². The molecule has 24 heavy (non-hydrogen) atoms. The Labute approximate surface area is 140 Å². The SMILES string of the molecule is CC1(C)C2OCCCC2C1(N)C(=O)NCCc1cc(F)cc(F)c1. The molecule has 0 bridgehead atoms. The summed E-state index contributed by atoms with van der Waals surface area (Å²) in [5.41, 5.74) is 5.60. The highest BCUT2D eigenvalue weighted by molar-refractivity contribution is 5.89. The number of rotatable bonds is 4. The molecule has 3 unspecified atom stereocenters. The molecular formula is C18H24F2N2O2. The third-order valence-electron chi connectivity index (χ3n) is 5.68. The van der Waals surface area contributed by atoms with Gasteiger partial charge in [0, 0.05) is 30.6 Å². The molecule has 3 rings (SSSR count). The van der Waals surface area contributed by atoms with Gasteiger partial charge < -0.3 is 15.8 Å². The molecule has 1 saturated carbocycles. The first-order valence-electron chi connectivity index (χ1n) is 8.40. The van der Waals surface area contributed by atoms with Crippen LogP contribution in [0.5, 0.6) is 0 Å². The van der Waals surface area contributed by atoms with Crippen molar-refractivity contribution in [1.82, 2.24) is 5.32 Å². The average Bonchev–Trinajstić information content (AvgIpc) is 2.53. The number of carbonyl (C=O) groups excluding carboxylic acids is 1. The van der Waals surface area contributed by atoms with Crippen LogP contribution in [0.4, 0.5) is 8.78 Å². The van der Waals surface area contributed by atoms with Gasteiger partial charge in [-0.15, -0.1) is 0 Å². The quantitative estimate of drug-likeness (QED) is 0.884. The van der Waals surface area contributed by atoms with E-state index in [1.807, 2.05) is 13.8 Å². The molecular weight excluding hydrogens is 314 g/mol. The van der Waals surface area contributed by atoms with Gasteiger partial charge in [0.1, 0.15) is 17.2 Å². The van der Waals surface area contributed by atoms with E-state index in [-0.39, 0.29) is 24.5 Å². The van der Waals surface area contributed by atoms with Crippen LogP contribution < -0.4 is 11.1 Å². The van der Waals surface area contributed by atoms with E-state index in [4.69, 9.17) is 10.5 Å². The number of hydrogen-bond acceptors (Lipinski definition) is 3. The summed E-state index contributed by atoms with van der Waals surface area (Å²) in [6, 6.07) is 3.37. The standard InChI is InChI=1S/C18H24F2N2O2/c1-17(2)15-14(4-3-7-24-15)18(17,21)16(23)22-6-5-11-8-12(19)10-13(20)9-11/h8-10,14-15H,3-7,21H2,1-2H3,(H,22,23). The van der Waals surface area contributed by atoms with Gasteiger partial charge >= 0.3 is 0 Å². The summed E-state index contributed by atoms with van der Waals surface area (Å²) in [4.78, 5) is 12.7. The molecule has 1 heterocycles. The van der Waals surface area contributed by atoms with Gasteiger partial charge in [0.05, 0.1) is 6.10 Å². The van der Waals surface area contributed by atoms with E-state index < -0.39 is 22.6 Å². The fourth-order valence-electron chi connectivity index (χ4n) is 4.26. The predicted molar refractivity (Wildman–Crippen MR) is 86.2 cm³/mol. The van der Waals surface area contributed by atoms with Crippen molar-refractivity contribution >= 4 is 5.91 Å². The van der Waals surface area contributed by atoms with Gasteiger partial charge in [-0.1, -0.05) is 13.8 Å². The minimum Gasteiger partial charge on any atom is -0.377 e. The molecule has 0 radical (unpaired) electrons.